The van der Waals surface area contributed by atoms with E-state index in [-0.39, 0.29) is 0 Å². The Labute approximate surface area is 124 Å². The van der Waals surface area contributed by atoms with Crippen LogP contribution in [0.4, 0.5) is 5.69 Å². The molecule has 0 bridgehead atoms. The Morgan fingerprint density at radius 3 is 2.89 bits per heavy atom. The van der Waals surface area contributed by atoms with Crippen molar-refractivity contribution in [2.75, 3.05) is 24.7 Å². The van der Waals surface area contributed by atoms with E-state index in [4.69, 9.17) is 4.74 Å². The van der Waals surface area contributed by atoms with Crippen LogP contribution in [0.2, 0.25) is 0 Å². The zero-order chi connectivity index (χ0) is 13.8. The molecule has 0 radical (unpaired) electrons. The van der Waals surface area contributed by atoms with Crippen molar-refractivity contribution in [3.05, 3.63) is 28.2 Å². The number of morpholine rings is 1. The van der Waals surface area contributed by atoms with Crippen LogP contribution in [0.25, 0.3) is 0 Å². The summed E-state index contributed by atoms with van der Waals surface area (Å²) in [6.07, 6.45) is 0. The molecule has 1 saturated heterocycles. The Kier molecular flexibility index (Phi) is 5.25. The average Bonchev–Trinajstić information content (AvgIpc) is 2.37. The lowest BCUT2D eigenvalue weighted by molar-refractivity contribution is 0.0989. The molecule has 1 fully saturated rings. The third-order valence-corrected chi connectivity index (χ3v) is 4.17. The average molecular weight is 327 g/mol. The molecule has 106 valence electrons. The van der Waals surface area contributed by atoms with E-state index in [0.29, 0.717) is 12.1 Å². The van der Waals surface area contributed by atoms with Crippen LogP contribution in [-0.2, 0) is 11.3 Å². The summed E-state index contributed by atoms with van der Waals surface area (Å²) in [6.45, 7) is 10.0. The number of nitrogens with one attached hydrogen (secondary N) is 1. The Morgan fingerprint density at radius 1 is 1.47 bits per heavy atom. The van der Waals surface area contributed by atoms with Crippen LogP contribution in [0.15, 0.2) is 22.7 Å². The van der Waals surface area contributed by atoms with Crippen LogP contribution in [0, 0.1) is 0 Å². The predicted octanol–water partition coefficient (Wildman–Crippen LogP) is 3.17. The molecule has 1 atom stereocenters. The van der Waals surface area contributed by atoms with Gasteiger partial charge in [0, 0.05) is 35.3 Å². The topological polar surface area (TPSA) is 24.5 Å². The summed E-state index contributed by atoms with van der Waals surface area (Å²) in [5, 5.41) is 3.45. The minimum Gasteiger partial charge on any atom is -0.377 e. The Bertz CT molecular complexity index is 423. The second-order valence-corrected chi connectivity index (χ2v) is 6.28. The maximum Gasteiger partial charge on any atom is 0.0668 e. The van der Waals surface area contributed by atoms with Gasteiger partial charge < -0.3 is 15.0 Å². The van der Waals surface area contributed by atoms with Crippen molar-refractivity contribution in [2.24, 2.45) is 0 Å². The lowest BCUT2D eigenvalue weighted by atomic mass is 10.1. The maximum atomic E-state index is 5.49. The van der Waals surface area contributed by atoms with E-state index in [1.165, 1.54) is 15.7 Å². The lowest BCUT2D eigenvalue weighted by Gasteiger charge is -2.35. The van der Waals surface area contributed by atoms with Crippen LogP contribution < -0.4 is 10.2 Å². The van der Waals surface area contributed by atoms with E-state index < -0.39 is 0 Å². The molecule has 0 aromatic heterocycles. The first-order valence-corrected chi connectivity index (χ1v) is 7.73. The molecule has 1 aliphatic rings. The standard InChI is InChI=1S/C15H23BrN2O/c1-11(2)17-9-13-4-5-14(8-15(13)16)18-6-7-19-10-12(18)3/h4-5,8,11-12,17H,6-7,9-10H2,1-3H3. The largest absolute Gasteiger partial charge is 0.377 e. The molecule has 1 aromatic rings. The molecule has 0 saturated carbocycles. The number of benzene rings is 1. The minimum atomic E-state index is 0.445. The number of rotatable bonds is 4. The van der Waals surface area contributed by atoms with Crippen LogP contribution in [0.1, 0.15) is 26.3 Å². The van der Waals surface area contributed by atoms with E-state index in [1.807, 2.05) is 0 Å². The summed E-state index contributed by atoms with van der Waals surface area (Å²) in [4.78, 5) is 2.41. The van der Waals surface area contributed by atoms with Crippen molar-refractivity contribution >= 4 is 21.6 Å². The van der Waals surface area contributed by atoms with Gasteiger partial charge in [-0.3, -0.25) is 0 Å². The number of hydrogen-bond acceptors (Lipinski definition) is 3. The van der Waals surface area contributed by atoms with Crippen molar-refractivity contribution < 1.29 is 4.74 Å². The van der Waals surface area contributed by atoms with Crippen LogP contribution >= 0.6 is 15.9 Å². The van der Waals surface area contributed by atoms with Crippen molar-refractivity contribution in [3.8, 4) is 0 Å². The first kappa shape index (κ1) is 14.8. The number of halogens is 1. The van der Waals surface area contributed by atoms with Gasteiger partial charge in [0.05, 0.1) is 13.2 Å². The normalized spacial score (nSPS) is 20.1. The van der Waals surface area contributed by atoms with Crippen molar-refractivity contribution in [1.82, 2.24) is 5.32 Å². The van der Waals surface area contributed by atoms with Gasteiger partial charge in [0.2, 0.25) is 0 Å². The van der Waals surface area contributed by atoms with Crippen molar-refractivity contribution in [1.29, 1.82) is 0 Å². The van der Waals surface area contributed by atoms with Gasteiger partial charge in [-0.05, 0) is 24.6 Å². The second kappa shape index (κ2) is 6.73. The summed E-state index contributed by atoms with van der Waals surface area (Å²) >= 11 is 3.69. The molecular formula is C15H23BrN2O. The van der Waals surface area contributed by atoms with E-state index >= 15 is 0 Å². The molecule has 1 N–H and O–H groups in total. The zero-order valence-electron chi connectivity index (χ0n) is 11.9. The van der Waals surface area contributed by atoms with Gasteiger partial charge >= 0.3 is 0 Å². The Morgan fingerprint density at radius 2 is 2.26 bits per heavy atom. The highest BCUT2D eigenvalue weighted by Gasteiger charge is 2.19. The van der Waals surface area contributed by atoms with Crippen molar-refractivity contribution in [2.45, 2.75) is 39.4 Å². The van der Waals surface area contributed by atoms with Gasteiger partial charge in [-0.2, -0.15) is 0 Å². The number of hydrogen-bond donors (Lipinski definition) is 1. The molecule has 19 heavy (non-hydrogen) atoms. The zero-order valence-corrected chi connectivity index (χ0v) is 13.5. The highest BCUT2D eigenvalue weighted by Crippen LogP contribution is 2.26. The van der Waals surface area contributed by atoms with Crippen LogP contribution in [0.3, 0.4) is 0 Å². The molecule has 1 heterocycles. The second-order valence-electron chi connectivity index (χ2n) is 5.43. The highest BCUT2D eigenvalue weighted by atomic mass is 79.9. The molecular weight excluding hydrogens is 304 g/mol. The molecule has 3 nitrogen and oxygen atoms in total. The minimum absolute atomic E-state index is 0.445. The fraction of sp³-hybridized carbons (Fsp3) is 0.600. The Balaban J connectivity index is 2.09. The number of nitrogens with zero attached hydrogens (tertiary/aromatic N) is 1. The molecule has 4 heteroatoms. The van der Waals surface area contributed by atoms with Gasteiger partial charge in [0.1, 0.15) is 0 Å². The molecule has 2 rings (SSSR count). The van der Waals surface area contributed by atoms with Gasteiger partial charge in [0.25, 0.3) is 0 Å². The van der Waals surface area contributed by atoms with E-state index in [9.17, 15) is 0 Å². The number of anilines is 1. The molecule has 1 unspecified atom stereocenters. The summed E-state index contributed by atoms with van der Waals surface area (Å²) in [6, 6.07) is 7.59. The quantitative estimate of drug-likeness (QED) is 0.919. The lowest BCUT2D eigenvalue weighted by Crippen LogP contribution is -2.43. The fourth-order valence-electron chi connectivity index (χ4n) is 2.28. The summed E-state index contributed by atoms with van der Waals surface area (Å²) < 4.78 is 6.67. The fourth-order valence-corrected chi connectivity index (χ4v) is 2.79. The first-order valence-electron chi connectivity index (χ1n) is 6.94. The van der Waals surface area contributed by atoms with Gasteiger partial charge in [0.15, 0.2) is 0 Å². The van der Waals surface area contributed by atoms with Crippen LogP contribution in [0.5, 0.6) is 0 Å². The highest BCUT2D eigenvalue weighted by molar-refractivity contribution is 9.10. The Hall–Kier alpha value is -0.580. The van der Waals surface area contributed by atoms with Gasteiger partial charge in [-0.15, -0.1) is 0 Å². The summed E-state index contributed by atoms with van der Waals surface area (Å²) in [5.74, 6) is 0. The molecule has 0 amide bonds. The third-order valence-electron chi connectivity index (χ3n) is 3.44. The van der Waals surface area contributed by atoms with Crippen LogP contribution in [-0.4, -0.2) is 31.8 Å². The predicted molar refractivity (Wildman–Crippen MR) is 83.7 cm³/mol. The van der Waals surface area contributed by atoms with Gasteiger partial charge in [-0.25, -0.2) is 0 Å². The van der Waals surface area contributed by atoms with E-state index in [1.54, 1.807) is 0 Å². The SMILES string of the molecule is CC(C)NCc1ccc(N2CCOCC2C)cc1Br. The van der Waals surface area contributed by atoms with E-state index in [0.717, 1.165) is 26.3 Å². The molecule has 1 aliphatic heterocycles. The first-order chi connectivity index (χ1) is 9.08. The van der Waals surface area contributed by atoms with E-state index in [2.05, 4.69) is 65.1 Å². The third kappa shape index (κ3) is 3.94. The summed E-state index contributed by atoms with van der Waals surface area (Å²) in [7, 11) is 0. The smallest absolute Gasteiger partial charge is 0.0668 e. The van der Waals surface area contributed by atoms with Crippen molar-refractivity contribution in [3.63, 3.8) is 0 Å². The molecule has 1 aromatic carbocycles. The van der Waals surface area contributed by atoms with Gasteiger partial charge in [-0.1, -0.05) is 35.8 Å². The maximum absolute atomic E-state index is 5.49. The molecule has 0 spiro atoms. The molecule has 0 aliphatic carbocycles. The number of ether oxygens (including phenoxy) is 1. The summed E-state index contributed by atoms with van der Waals surface area (Å²) in [5.41, 5.74) is 2.58. The monoisotopic (exact) mass is 326 g/mol.